The molecule has 4 N–H and O–H groups in total. The van der Waals surface area contributed by atoms with Gasteiger partial charge in [-0.3, -0.25) is 4.79 Å². The summed E-state index contributed by atoms with van der Waals surface area (Å²) in [5.74, 6) is 1.04. The molecule has 0 aromatic carbocycles. The van der Waals surface area contributed by atoms with Gasteiger partial charge in [0.25, 0.3) is 0 Å². The van der Waals surface area contributed by atoms with Gasteiger partial charge in [-0.2, -0.15) is 0 Å². The Labute approximate surface area is 103 Å². The number of aliphatic hydroxyl groups is 1. The first-order valence-corrected chi connectivity index (χ1v) is 6.86. The summed E-state index contributed by atoms with van der Waals surface area (Å²) in [7, 11) is 0. The lowest BCUT2D eigenvalue weighted by Crippen LogP contribution is -2.47. The molecule has 2 unspecified atom stereocenters. The summed E-state index contributed by atoms with van der Waals surface area (Å²) in [6, 6.07) is -0.115. The fourth-order valence-electron chi connectivity index (χ4n) is 2.72. The Hall–Kier alpha value is -0.610. The molecule has 4 nitrogen and oxygen atoms in total. The molecule has 17 heavy (non-hydrogen) atoms. The largest absolute Gasteiger partial charge is 0.396 e. The highest BCUT2D eigenvalue weighted by Crippen LogP contribution is 2.33. The molecule has 2 fully saturated rings. The molecule has 0 bridgehead atoms. The topological polar surface area (TPSA) is 75.4 Å². The summed E-state index contributed by atoms with van der Waals surface area (Å²) in [4.78, 5) is 11.9. The number of hydrogen-bond acceptors (Lipinski definition) is 3. The van der Waals surface area contributed by atoms with E-state index in [-0.39, 0.29) is 24.6 Å². The highest BCUT2D eigenvalue weighted by atomic mass is 16.3. The van der Waals surface area contributed by atoms with E-state index in [1.165, 1.54) is 12.8 Å². The van der Waals surface area contributed by atoms with Crippen molar-refractivity contribution in [2.75, 3.05) is 6.61 Å². The summed E-state index contributed by atoms with van der Waals surface area (Å²) in [5, 5.41) is 12.2. The fourth-order valence-corrected chi connectivity index (χ4v) is 2.72. The predicted octanol–water partition coefficient (Wildman–Crippen LogP) is 0.781. The van der Waals surface area contributed by atoms with Crippen LogP contribution in [0.25, 0.3) is 0 Å². The maximum atomic E-state index is 11.9. The van der Waals surface area contributed by atoms with Gasteiger partial charge >= 0.3 is 0 Å². The second kappa shape index (κ2) is 5.83. The molecular weight excluding hydrogens is 216 g/mol. The highest BCUT2D eigenvalue weighted by molar-refractivity contribution is 5.81. The van der Waals surface area contributed by atoms with Gasteiger partial charge in [0.1, 0.15) is 0 Å². The average molecular weight is 240 g/mol. The molecule has 0 aromatic heterocycles. The zero-order chi connectivity index (χ0) is 12.3. The van der Waals surface area contributed by atoms with Gasteiger partial charge in [-0.25, -0.2) is 0 Å². The number of amides is 1. The van der Waals surface area contributed by atoms with Gasteiger partial charge in [-0.15, -0.1) is 0 Å². The third-order valence-electron chi connectivity index (χ3n) is 4.01. The van der Waals surface area contributed by atoms with Crippen molar-refractivity contribution in [2.24, 2.45) is 17.6 Å². The molecule has 0 saturated heterocycles. The smallest absolute Gasteiger partial charge is 0.237 e. The minimum atomic E-state index is -0.336. The van der Waals surface area contributed by atoms with Crippen LogP contribution in [0, 0.1) is 11.8 Å². The molecule has 2 rings (SSSR count). The Kier molecular flexibility index (Phi) is 4.40. The maximum Gasteiger partial charge on any atom is 0.237 e. The number of rotatable bonds is 5. The number of carbonyl (C=O) groups excluding carboxylic acids is 1. The van der Waals surface area contributed by atoms with Crippen molar-refractivity contribution in [3.63, 3.8) is 0 Å². The standard InChI is InChI=1S/C13H24N2O2/c14-12(7-9-4-5-9)13(17)15-11-3-1-2-10(6-11)8-16/h9-12,16H,1-8,14H2,(H,15,17)/t10?,11?,12-/m0/s1. The van der Waals surface area contributed by atoms with Crippen LogP contribution in [0.15, 0.2) is 0 Å². The summed E-state index contributed by atoms with van der Waals surface area (Å²) in [6.07, 6.45) is 7.40. The van der Waals surface area contributed by atoms with Crippen LogP contribution in [0.3, 0.4) is 0 Å². The third-order valence-corrected chi connectivity index (χ3v) is 4.01. The van der Waals surface area contributed by atoms with Crippen LogP contribution < -0.4 is 11.1 Å². The SMILES string of the molecule is N[C@@H](CC1CC1)C(=O)NC1CCCC(CO)C1. The van der Waals surface area contributed by atoms with Crippen LogP contribution >= 0.6 is 0 Å². The van der Waals surface area contributed by atoms with Crippen LogP contribution in [-0.2, 0) is 4.79 Å². The molecule has 0 spiro atoms. The predicted molar refractivity (Wildman–Crippen MR) is 66.3 cm³/mol. The van der Waals surface area contributed by atoms with Crippen molar-refractivity contribution in [2.45, 2.75) is 57.0 Å². The summed E-state index contributed by atoms with van der Waals surface area (Å²) in [5.41, 5.74) is 5.88. The minimum Gasteiger partial charge on any atom is -0.396 e. The molecule has 2 aliphatic rings. The van der Waals surface area contributed by atoms with Crippen molar-refractivity contribution in [3.8, 4) is 0 Å². The second-order valence-electron chi connectivity index (χ2n) is 5.71. The van der Waals surface area contributed by atoms with Gasteiger partial charge in [0, 0.05) is 12.6 Å². The van der Waals surface area contributed by atoms with E-state index in [4.69, 9.17) is 10.8 Å². The summed E-state index contributed by atoms with van der Waals surface area (Å²) in [6.45, 7) is 0.237. The van der Waals surface area contributed by atoms with Gasteiger partial charge in [0.15, 0.2) is 0 Å². The lowest BCUT2D eigenvalue weighted by atomic mass is 9.86. The van der Waals surface area contributed by atoms with E-state index in [0.29, 0.717) is 11.8 Å². The number of nitrogens with one attached hydrogen (secondary N) is 1. The zero-order valence-electron chi connectivity index (χ0n) is 10.4. The Morgan fingerprint density at radius 3 is 2.71 bits per heavy atom. The second-order valence-corrected chi connectivity index (χ2v) is 5.71. The Morgan fingerprint density at radius 1 is 1.29 bits per heavy atom. The van der Waals surface area contributed by atoms with Crippen molar-refractivity contribution < 1.29 is 9.90 Å². The Balaban J connectivity index is 1.72. The van der Waals surface area contributed by atoms with Gasteiger partial charge in [0.2, 0.25) is 5.91 Å². The van der Waals surface area contributed by atoms with Crippen LogP contribution in [0.1, 0.15) is 44.9 Å². The van der Waals surface area contributed by atoms with E-state index in [9.17, 15) is 4.79 Å². The molecule has 4 heteroatoms. The number of nitrogens with two attached hydrogens (primary N) is 1. The molecule has 0 radical (unpaired) electrons. The number of carbonyl (C=O) groups is 1. The van der Waals surface area contributed by atoms with Crippen molar-refractivity contribution in [1.29, 1.82) is 0 Å². The van der Waals surface area contributed by atoms with Crippen molar-refractivity contribution >= 4 is 5.91 Å². The third kappa shape index (κ3) is 3.96. The van der Waals surface area contributed by atoms with E-state index >= 15 is 0 Å². The van der Waals surface area contributed by atoms with E-state index < -0.39 is 0 Å². The van der Waals surface area contributed by atoms with Gasteiger partial charge in [-0.05, 0) is 37.5 Å². The first-order valence-electron chi connectivity index (χ1n) is 6.86. The number of aliphatic hydroxyl groups excluding tert-OH is 1. The van der Waals surface area contributed by atoms with Crippen molar-refractivity contribution in [1.82, 2.24) is 5.32 Å². The summed E-state index contributed by atoms with van der Waals surface area (Å²) >= 11 is 0. The molecule has 0 aromatic rings. The molecular formula is C13H24N2O2. The lowest BCUT2D eigenvalue weighted by Gasteiger charge is -2.29. The fraction of sp³-hybridized carbons (Fsp3) is 0.923. The van der Waals surface area contributed by atoms with Crippen LogP contribution in [0.4, 0.5) is 0 Å². The quantitative estimate of drug-likeness (QED) is 0.665. The molecule has 98 valence electrons. The average Bonchev–Trinajstić information content (AvgIpc) is 3.13. The Bertz CT molecular complexity index is 266. The van der Waals surface area contributed by atoms with Crippen LogP contribution in [0.5, 0.6) is 0 Å². The van der Waals surface area contributed by atoms with Gasteiger partial charge < -0.3 is 16.2 Å². The summed E-state index contributed by atoms with van der Waals surface area (Å²) < 4.78 is 0. The molecule has 3 atom stereocenters. The normalized spacial score (nSPS) is 30.9. The highest BCUT2D eigenvalue weighted by Gasteiger charge is 2.29. The molecule has 2 saturated carbocycles. The molecule has 1 amide bonds. The lowest BCUT2D eigenvalue weighted by molar-refractivity contribution is -0.123. The molecule has 2 aliphatic carbocycles. The van der Waals surface area contributed by atoms with E-state index in [1.54, 1.807) is 0 Å². The van der Waals surface area contributed by atoms with Gasteiger partial charge in [-0.1, -0.05) is 19.3 Å². The molecule has 0 aliphatic heterocycles. The number of hydrogen-bond donors (Lipinski definition) is 3. The first-order chi connectivity index (χ1) is 8.19. The van der Waals surface area contributed by atoms with E-state index in [0.717, 1.165) is 32.1 Å². The minimum absolute atomic E-state index is 0.000454. The van der Waals surface area contributed by atoms with Crippen LogP contribution in [0.2, 0.25) is 0 Å². The monoisotopic (exact) mass is 240 g/mol. The maximum absolute atomic E-state index is 11.9. The van der Waals surface area contributed by atoms with Gasteiger partial charge in [0.05, 0.1) is 6.04 Å². The van der Waals surface area contributed by atoms with Crippen LogP contribution in [-0.4, -0.2) is 29.7 Å². The van der Waals surface area contributed by atoms with Crippen molar-refractivity contribution in [3.05, 3.63) is 0 Å². The molecule has 0 heterocycles. The van der Waals surface area contributed by atoms with E-state index in [1.807, 2.05) is 0 Å². The van der Waals surface area contributed by atoms with E-state index in [2.05, 4.69) is 5.32 Å². The Morgan fingerprint density at radius 2 is 2.06 bits per heavy atom. The first kappa shape index (κ1) is 12.8. The zero-order valence-corrected chi connectivity index (χ0v) is 10.4.